The van der Waals surface area contributed by atoms with Gasteiger partial charge in [0.2, 0.25) is 10.0 Å². The normalized spacial score (nSPS) is 15.2. The minimum absolute atomic E-state index is 0.0618. The Morgan fingerprint density at radius 3 is 2.29 bits per heavy atom. The molecular weight excluding hydrogens is 336 g/mol. The van der Waals surface area contributed by atoms with E-state index >= 15 is 0 Å². The Kier molecular flexibility index (Phi) is 4.21. The highest BCUT2D eigenvalue weighted by atomic mass is 32.2. The van der Waals surface area contributed by atoms with Gasteiger partial charge in [0, 0.05) is 30.9 Å². The summed E-state index contributed by atoms with van der Waals surface area (Å²) in [6.07, 6.45) is 1.38. The van der Waals surface area contributed by atoms with E-state index < -0.39 is 26.6 Å². The van der Waals surface area contributed by atoms with Gasteiger partial charge in [-0.05, 0) is 38.8 Å². The molecule has 0 amide bonds. The van der Waals surface area contributed by atoms with E-state index in [1.165, 1.54) is 4.31 Å². The molecular formula is C16H19F2N3O2S. The van der Waals surface area contributed by atoms with Gasteiger partial charge in [0.25, 0.3) is 0 Å². The van der Waals surface area contributed by atoms with Gasteiger partial charge < -0.3 is 0 Å². The Morgan fingerprint density at radius 2 is 1.83 bits per heavy atom. The number of aromatic nitrogens is 2. The molecule has 130 valence electrons. The van der Waals surface area contributed by atoms with Crippen LogP contribution in [0.15, 0.2) is 23.1 Å². The quantitative estimate of drug-likeness (QED) is 0.829. The van der Waals surface area contributed by atoms with Crippen LogP contribution in [0, 0.1) is 25.5 Å². The van der Waals surface area contributed by atoms with Gasteiger partial charge in [-0.3, -0.25) is 4.68 Å². The molecule has 8 heteroatoms. The third-order valence-electron chi connectivity index (χ3n) is 4.41. The van der Waals surface area contributed by atoms with Crippen molar-refractivity contribution in [3.05, 3.63) is 46.8 Å². The molecule has 1 aromatic carbocycles. The summed E-state index contributed by atoms with van der Waals surface area (Å²) in [6.45, 7) is 3.70. The second-order valence-corrected chi connectivity index (χ2v) is 7.93. The predicted molar refractivity (Wildman–Crippen MR) is 84.8 cm³/mol. The maximum absolute atomic E-state index is 14.0. The molecule has 0 saturated heterocycles. The molecule has 1 aliphatic rings. The van der Waals surface area contributed by atoms with Gasteiger partial charge in [-0.2, -0.15) is 9.40 Å². The number of hydrogen-bond donors (Lipinski definition) is 0. The highest BCUT2D eigenvalue weighted by Crippen LogP contribution is 2.35. The van der Waals surface area contributed by atoms with Crippen molar-refractivity contribution in [2.24, 2.45) is 7.05 Å². The number of nitrogens with zero attached hydrogens (tertiary/aromatic N) is 3. The largest absolute Gasteiger partial charge is 0.272 e. The molecule has 5 nitrogen and oxygen atoms in total. The van der Waals surface area contributed by atoms with E-state index in [4.69, 9.17) is 0 Å². The smallest absolute Gasteiger partial charge is 0.249 e. The van der Waals surface area contributed by atoms with Crippen molar-refractivity contribution >= 4 is 10.0 Å². The summed E-state index contributed by atoms with van der Waals surface area (Å²) in [5.74, 6) is -2.14. The number of rotatable bonds is 5. The summed E-state index contributed by atoms with van der Waals surface area (Å²) in [7, 11) is -2.50. The number of halogens is 2. The fourth-order valence-corrected chi connectivity index (χ4v) is 4.59. The van der Waals surface area contributed by atoms with Crippen LogP contribution >= 0.6 is 0 Å². The van der Waals surface area contributed by atoms with E-state index in [-0.39, 0.29) is 12.6 Å². The summed E-state index contributed by atoms with van der Waals surface area (Å²) < 4.78 is 56.7. The van der Waals surface area contributed by atoms with Crippen molar-refractivity contribution < 1.29 is 17.2 Å². The van der Waals surface area contributed by atoms with Gasteiger partial charge in [0.1, 0.15) is 11.6 Å². The molecule has 1 saturated carbocycles. The van der Waals surface area contributed by atoms with Crippen LogP contribution in [0.1, 0.15) is 29.8 Å². The standard InChI is InChI=1S/C16H19F2N3O2S/c1-10-13(11(2)20(3)19-10)9-21(12-7-8-12)24(22,23)16-14(17)5-4-6-15(16)18/h4-6,12H,7-9H2,1-3H3. The van der Waals surface area contributed by atoms with Crippen LogP contribution in [0.4, 0.5) is 8.78 Å². The molecule has 1 aliphatic carbocycles. The van der Waals surface area contributed by atoms with Crippen LogP contribution in [-0.2, 0) is 23.6 Å². The first-order valence-corrected chi connectivity index (χ1v) is 9.12. The SMILES string of the molecule is Cc1nn(C)c(C)c1CN(C1CC1)S(=O)(=O)c1c(F)cccc1F. The van der Waals surface area contributed by atoms with Crippen molar-refractivity contribution in [1.29, 1.82) is 0 Å². The zero-order valence-corrected chi connectivity index (χ0v) is 14.6. The third kappa shape index (κ3) is 2.84. The topological polar surface area (TPSA) is 55.2 Å². The molecule has 1 aromatic heterocycles. The molecule has 2 aromatic rings. The first-order chi connectivity index (χ1) is 11.2. The Morgan fingerprint density at radius 1 is 1.25 bits per heavy atom. The number of hydrogen-bond acceptors (Lipinski definition) is 3. The first-order valence-electron chi connectivity index (χ1n) is 7.68. The maximum atomic E-state index is 14.0. The number of benzene rings is 1. The van der Waals surface area contributed by atoms with Crippen molar-refractivity contribution in [2.75, 3.05) is 0 Å². The molecule has 0 radical (unpaired) electrons. The lowest BCUT2D eigenvalue weighted by Gasteiger charge is -2.22. The highest BCUT2D eigenvalue weighted by Gasteiger charge is 2.41. The number of aryl methyl sites for hydroxylation is 2. The third-order valence-corrected chi connectivity index (χ3v) is 6.36. The lowest BCUT2D eigenvalue weighted by atomic mass is 10.2. The van der Waals surface area contributed by atoms with Crippen molar-refractivity contribution in [3.8, 4) is 0 Å². The Balaban J connectivity index is 2.05. The van der Waals surface area contributed by atoms with Crippen LogP contribution in [0.3, 0.4) is 0 Å². The van der Waals surface area contributed by atoms with E-state index in [1.807, 2.05) is 6.92 Å². The van der Waals surface area contributed by atoms with Gasteiger partial charge in [-0.1, -0.05) is 6.07 Å². The summed E-state index contributed by atoms with van der Waals surface area (Å²) in [4.78, 5) is -0.879. The lowest BCUT2D eigenvalue weighted by molar-refractivity contribution is 0.389. The molecule has 24 heavy (non-hydrogen) atoms. The molecule has 0 aliphatic heterocycles. The Hall–Kier alpha value is -1.80. The van der Waals surface area contributed by atoms with E-state index in [2.05, 4.69) is 5.10 Å². The summed E-state index contributed by atoms with van der Waals surface area (Å²) in [5, 5.41) is 4.28. The van der Waals surface area contributed by atoms with Crippen LogP contribution in [0.25, 0.3) is 0 Å². The van der Waals surface area contributed by atoms with Crippen LogP contribution in [-0.4, -0.2) is 28.5 Å². The van der Waals surface area contributed by atoms with Crippen LogP contribution in [0.2, 0.25) is 0 Å². The minimum Gasteiger partial charge on any atom is -0.272 e. The molecule has 0 bridgehead atoms. The highest BCUT2D eigenvalue weighted by molar-refractivity contribution is 7.89. The molecule has 0 unspecified atom stereocenters. The molecule has 3 rings (SSSR count). The van der Waals surface area contributed by atoms with Gasteiger partial charge in [0.15, 0.2) is 4.90 Å². The average molecular weight is 355 g/mol. The predicted octanol–water partition coefficient (Wildman–Crippen LogP) is 2.67. The van der Waals surface area contributed by atoms with E-state index in [0.29, 0.717) is 18.5 Å². The zero-order valence-electron chi connectivity index (χ0n) is 13.8. The van der Waals surface area contributed by atoms with Crippen LogP contribution in [0.5, 0.6) is 0 Å². The van der Waals surface area contributed by atoms with Gasteiger partial charge in [-0.15, -0.1) is 0 Å². The molecule has 0 N–H and O–H groups in total. The molecule has 1 fully saturated rings. The van der Waals surface area contributed by atoms with E-state index in [9.17, 15) is 17.2 Å². The van der Waals surface area contributed by atoms with E-state index in [0.717, 1.165) is 29.5 Å². The molecule has 0 atom stereocenters. The molecule has 0 spiro atoms. The fourth-order valence-electron chi connectivity index (χ4n) is 2.82. The number of sulfonamides is 1. The minimum atomic E-state index is -4.28. The molecule has 1 heterocycles. The zero-order chi connectivity index (χ0) is 17.6. The van der Waals surface area contributed by atoms with Gasteiger partial charge >= 0.3 is 0 Å². The second-order valence-electron chi connectivity index (χ2n) is 6.11. The Labute approximate surface area is 139 Å². The van der Waals surface area contributed by atoms with Crippen molar-refractivity contribution in [3.63, 3.8) is 0 Å². The summed E-state index contributed by atoms with van der Waals surface area (Å²) >= 11 is 0. The Bertz CT molecular complexity index is 869. The maximum Gasteiger partial charge on any atom is 0.249 e. The van der Waals surface area contributed by atoms with Crippen molar-refractivity contribution in [2.45, 2.75) is 44.2 Å². The van der Waals surface area contributed by atoms with Gasteiger partial charge in [-0.25, -0.2) is 17.2 Å². The van der Waals surface area contributed by atoms with Crippen LogP contribution < -0.4 is 0 Å². The average Bonchev–Trinajstić information content (AvgIpc) is 3.27. The monoisotopic (exact) mass is 355 g/mol. The van der Waals surface area contributed by atoms with Gasteiger partial charge in [0.05, 0.1) is 5.69 Å². The second kappa shape index (κ2) is 5.93. The fraction of sp³-hybridized carbons (Fsp3) is 0.438. The van der Waals surface area contributed by atoms with E-state index in [1.54, 1.807) is 18.7 Å². The lowest BCUT2D eigenvalue weighted by Crippen LogP contribution is -2.34. The first kappa shape index (κ1) is 17.0. The van der Waals surface area contributed by atoms with Crippen molar-refractivity contribution in [1.82, 2.24) is 14.1 Å². The summed E-state index contributed by atoms with van der Waals surface area (Å²) in [5.41, 5.74) is 2.32. The summed E-state index contributed by atoms with van der Waals surface area (Å²) in [6, 6.07) is 2.84.